The van der Waals surface area contributed by atoms with E-state index in [1.54, 1.807) is 7.11 Å². The summed E-state index contributed by atoms with van der Waals surface area (Å²) < 4.78 is 4.82. The molecule has 0 aliphatic carbocycles. The molecule has 20 heavy (non-hydrogen) atoms. The lowest BCUT2D eigenvalue weighted by atomic mass is 10.2. The smallest absolute Gasteiger partial charge is 0.313 e. The Labute approximate surface area is 116 Å². The Balaban J connectivity index is 2.44. The summed E-state index contributed by atoms with van der Waals surface area (Å²) in [5, 5.41) is 4.88. The van der Waals surface area contributed by atoms with Crippen LogP contribution in [-0.2, 0) is 14.3 Å². The third-order valence-electron chi connectivity index (χ3n) is 2.44. The van der Waals surface area contributed by atoms with Gasteiger partial charge in [0, 0.05) is 31.5 Å². The van der Waals surface area contributed by atoms with E-state index >= 15 is 0 Å². The highest BCUT2D eigenvalue weighted by molar-refractivity contribution is 6.39. The number of rotatable bonds is 6. The fourth-order valence-corrected chi connectivity index (χ4v) is 1.40. The van der Waals surface area contributed by atoms with E-state index < -0.39 is 17.7 Å². The van der Waals surface area contributed by atoms with E-state index in [4.69, 9.17) is 10.5 Å². The van der Waals surface area contributed by atoms with Gasteiger partial charge in [0.05, 0.1) is 0 Å². The number of ether oxygens (including phenoxy) is 1. The topological polar surface area (TPSA) is 111 Å². The molecule has 1 rings (SSSR count). The van der Waals surface area contributed by atoms with Crippen molar-refractivity contribution in [2.45, 2.75) is 6.42 Å². The molecule has 1 aromatic carbocycles. The zero-order valence-electron chi connectivity index (χ0n) is 11.1. The van der Waals surface area contributed by atoms with Gasteiger partial charge in [-0.25, -0.2) is 0 Å². The van der Waals surface area contributed by atoms with E-state index in [0.29, 0.717) is 30.8 Å². The molecule has 0 heterocycles. The number of hydrogen-bond donors (Lipinski definition) is 3. The van der Waals surface area contributed by atoms with Crippen molar-refractivity contribution < 1.29 is 19.1 Å². The van der Waals surface area contributed by atoms with Gasteiger partial charge in [0.15, 0.2) is 0 Å². The lowest BCUT2D eigenvalue weighted by Gasteiger charge is -2.06. The molecule has 0 fully saturated rings. The van der Waals surface area contributed by atoms with Gasteiger partial charge in [0.25, 0.3) is 0 Å². The first-order chi connectivity index (χ1) is 9.54. The SMILES string of the molecule is COCCCNC(=O)C(=O)Nc1ccc(C(N)=O)cc1. The molecule has 0 radical (unpaired) electrons. The van der Waals surface area contributed by atoms with Crippen molar-refractivity contribution in [2.75, 3.05) is 25.6 Å². The molecule has 0 aliphatic rings. The fraction of sp³-hybridized carbons (Fsp3) is 0.308. The van der Waals surface area contributed by atoms with E-state index in [1.807, 2.05) is 0 Å². The number of anilines is 1. The van der Waals surface area contributed by atoms with Crippen molar-refractivity contribution in [3.63, 3.8) is 0 Å². The van der Waals surface area contributed by atoms with E-state index in [-0.39, 0.29) is 0 Å². The number of primary amides is 1. The van der Waals surface area contributed by atoms with Gasteiger partial charge in [0.2, 0.25) is 5.91 Å². The standard InChI is InChI=1S/C13H17N3O4/c1-20-8-2-7-15-12(18)13(19)16-10-5-3-9(4-6-10)11(14)17/h3-6H,2,7-8H2,1H3,(H2,14,17)(H,15,18)(H,16,19). The third kappa shape index (κ3) is 5.07. The summed E-state index contributed by atoms with van der Waals surface area (Å²) in [6.07, 6.45) is 0.628. The van der Waals surface area contributed by atoms with E-state index in [2.05, 4.69) is 10.6 Å². The van der Waals surface area contributed by atoms with Crippen LogP contribution in [0, 0.1) is 0 Å². The van der Waals surface area contributed by atoms with Crippen molar-refractivity contribution in [3.8, 4) is 0 Å². The summed E-state index contributed by atoms with van der Waals surface area (Å²) in [5.41, 5.74) is 5.83. The molecule has 0 aromatic heterocycles. The van der Waals surface area contributed by atoms with E-state index in [9.17, 15) is 14.4 Å². The molecule has 108 valence electrons. The highest BCUT2D eigenvalue weighted by Gasteiger charge is 2.12. The summed E-state index contributed by atoms with van der Waals surface area (Å²) in [6, 6.07) is 5.93. The number of benzene rings is 1. The predicted octanol–water partition coefficient (Wildman–Crippen LogP) is -0.123. The van der Waals surface area contributed by atoms with Crippen molar-refractivity contribution in [2.24, 2.45) is 5.73 Å². The Morgan fingerprint density at radius 3 is 2.35 bits per heavy atom. The fourth-order valence-electron chi connectivity index (χ4n) is 1.40. The zero-order chi connectivity index (χ0) is 15.0. The van der Waals surface area contributed by atoms with E-state index in [0.717, 1.165) is 0 Å². The summed E-state index contributed by atoms with van der Waals surface area (Å²) in [7, 11) is 1.56. The van der Waals surface area contributed by atoms with Crippen molar-refractivity contribution >= 4 is 23.4 Å². The first-order valence-electron chi connectivity index (χ1n) is 6.02. The second-order valence-corrected chi connectivity index (χ2v) is 4.00. The van der Waals surface area contributed by atoms with Crippen LogP contribution in [0.1, 0.15) is 16.8 Å². The van der Waals surface area contributed by atoms with Crippen molar-refractivity contribution in [1.29, 1.82) is 0 Å². The lowest BCUT2D eigenvalue weighted by Crippen LogP contribution is -2.36. The molecule has 0 unspecified atom stereocenters. The molecule has 4 N–H and O–H groups in total. The Morgan fingerprint density at radius 1 is 1.15 bits per heavy atom. The molecule has 1 aromatic rings. The second-order valence-electron chi connectivity index (χ2n) is 4.00. The quantitative estimate of drug-likeness (QED) is 0.498. The molecule has 0 spiro atoms. The predicted molar refractivity (Wildman–Crippen MR) is 73.1 cm³/mol. The van der Waals surface area contributed by atoms with E-state index in [1.165, 1.54) is 24.3 Å². The van der Waals surface area contributed by atoms with Crippen LogP contribution in [0.15, 0.2) is 24.3 Å². The molecule has 0 atom stereocenters. The van der Waals surface area contributed by atoms with Crippen LogP contribution >= 0.6 is 0 Å². The highest BCUT2D eigenvalue weighted by Crippen LogP contribution is 2.08. The highest BCUT2D eigenvalue weighted by atomic mass is 16.5. The van der Waals surface area contributed by atoms with Crippen LogP contribution in [0.4, 0.5) is 5.69 Å². The third-order valence-corrected chi connectivity index (χ3v) is 2.44. The van der Waals surface area contributed by atoms with Crippen molar-refractivity contribution in [3.05, 3.63) is 29.8 Å². The monoisotopic (exact) mass is 279 g/mol. The number of carbonyl (C=O) groups is 3. The molecule has 0 bridgehead atoms. The lowest BCUT2D eigenvalue weighted by molar-refractivity contribution is -0.136. The average Bonchev–Trinajstić information content (AvgIpc) is 2.44. The maximum Gasteiger partial charge on any atom is 0.313 e. The number of hydrogen-bond acceptors (Lipinski definition) is 4. The minimum absolute atomic E-state index is 0.326. The largest absolute Gasteiger partial charge is 0.385 e. The molecule has 7 heteroatoms. The number of carbonyl (C=O) groups excluding carboxylic acids is 3. The summed E-state index contributed by atoms with van der Waals surface area (Å²) in [5.74, 6) is -2.05. The van der Waals surface area contributed by atoms with Crippen LogP contribution in [0.25, 0.3) is 0 Å². The number of methoxy groups -OCH3 is 1. The van der Waals surface area contributed by atoms with Gasteiger partial charge >= 0.3 is 11.8 Å². The molecule has 0 saturated heterocycles. The van der Waals surface area contributed by atoms with Crippen LogP contribution in [-0.4, -0.2) is 38.0 Å². The maximum atomic E-state index is 11.5. The summed E-state index contributed by atoms with van der Waals surface area (Å²) in [6.45, 7) is 0.872. The molecular formula is C13H17N3O4. The Morgan fingerprint density at radius 2 is 1.80 bits per heavy atom. The number of nitrogens with two attached hydrogens (primary N) is 1. The van der Waals surface area contributed by atoms with Crippen LogP contribution in [0.2, 0.25) is 0 Å². The number of nitrogens with one attached hydrogen (secondary N) is 2. The average molecular weight is 279 g/mol. The molecular weight excluding hydrogens is 262 g/mol. The zero-order valence-corrected chi connectivity index (χ0v) is 11.1. The van der Waals surface area contributed by atoms with Gasteiger partial charge in [-0.15, -0.1) is 0 Å². The van der Waals surface area contributed by atoms with Gasteiger partial charge in [0.1, 0.15) is 0 Å². The Kier molecular flexibility index (Phi) is 6.18. The normalized spacial score (nSPS) is 9.85. The molecule has 3 amide bonds. The van der Waals surface area contributed by atoms with Gasteiger partial charge in [-0.05, 0) is 30.7 Å². The molecule has 7 nitrogen and oxygen atoms in total. The Bertz CT molecular complexity index is 485. The molecule has 0 saturated carbocycles. The molecule has 0 aliphatic heterocycles. The van der Waals surface area contributed by atoms with Gasteiger partial charge < -0.3 is 21.1 Å². The van der Waals surface area contributed by atoms with Crippen LogP contribution in [0.5, 0.6) is 0 Å². The minimum atomic E-state index is -0.769. The van der Waals surface area contributed by atoms with Crippen molar-refractivity contribution in [1.82, 2.24) is 5.32 Å². The summed E-state index contributed by atoms with van der Waals surface area (Å²) >= 11 is 0. The second kappa shape index (κ2) is 7.90. The van der Waals surface area contributed by atoms with Gasteiger partial charge in [-0.1, -0.05) is 0 Å². The minimum Gasteiger partial charge on any atom is -0.385 e. The number of amides is 3. The maximum absolute atomic E-state index is 11.5. The van der Waals surface area contributed by atoms with Crippen LogP contribution in [0.3, 0.4) is 0 Å². The first-order valence-corrected chi connectivity index (χ1v) is 6.02. The summed E-state index contributed by atoms with van der Waals surface area (Å²) in [4.78, 5) is 33.9. The first kappa shape index (κ1) is 15.6. The van der Waals surface area contributed by atoms with Gasteiger partial charge in [-0.2, -0.15) is 0 Å². The van der Waals surface area contributed by atoms with Crippen LogP contribution < -0.4 is 16.4 Å². The van der Waals surface area contributed by atoms with Gasteiger partial charge in [-0.3, -0.25) is 14.4 Å². The Hall–Kier alpha value is -2.41.